The predicted octanol–water partition coefficient (Wildman–Crippen LogP) is 3.48. The van der Waals surface area contributed by atoms with Crippen LogP contribution in [0.3, 0.4) is 0 Å². The number of hydrogen-bond donors (Lipinski definition) is 3. The van der Waals surface area contributed by atoms with Crippen molar-refractivity contribution in [3.63, 3.8) is 0 Å². The molecule has 0 radical (unpaired) electrons. The molecular weight excluding hydrogens is 460 g/mol. The minimum absolute atomic E-state index is 0. The Morgan fingerprint density at radius 1 is 1.28 bits per heavy atom. The Hall–Kier alpha value is -3.45. The number of rotatable bonds is 3. The lowest BCUT2D eigenvalue weighted by atomic mass is 10.0. The zero-order chi connectivity index (χ0) is 26.9. The molecule has 0 unspecified atom stereocenters. The van der Waals surface area contributed by atoms with Gasteiger partial charge in [-0.2, -0.15) is 5.26 Å². The van der Waals surface area contributed by atoms with Crippen LogP contribution < -0.4 is 16.8 Å². The Kier molecular flexibility index (Phi) is 14.5. The molecule has 2 heterocycles. The third-order valence-corrected chi connectivity index (χ3v) is 4.92. The normalized spacial score (nSPS) is 14.6. The number of carbonyl (C=O) groups excluding carboxylic acids is 1. The first-order valence-corrected chi connectivity index (χ1v) is 11.9. The minimum Gasteiger partial charge on any atom is -0.408 e. The van der Waals surface area contributed by atoms with Crippen molar-refractivity contribution in [3.8, 4) is 17.2 Å². The quantitative estimate of drug-likeness (QED) is 0.465. The van der Waals surface area contributed by atoms with Crippen LogP contribution in [-0.4, -0.2) is 48.5 Å². The standard InChI is InChI=1S/C17H14N2O2.C6H13NO.C3H8O.CH3NO.2H2/c1-19-15-11-14(8-9-16(15)21-17(19)20)13-6-4-12(5-7-13)3-2-10-18;1-6-4-7-2-3-8-5-6;1-3(2)4;2-1-3;;/h4-9,11H,2-3H2,1H3;6-7H,2-5H2,1H3;3-4H,1-2H3;1H,(H2,2,3);2*1H/t;6-;;;;/m.1..../s1. The molecule has 3 aromatic rings. The number of nitrogens with zero attached hydrogens (tertiary/aromatic N) is 2. The van der Waals surface area contributed by atoms with Gasteiger partial charge in [-0.1, -0.05) is 37.3 Å². The van der Waals surface area contributed by atoms with E-state index in [4.69, 9.17) is 24.3 Å². The third kappa shape index (κ3) is 11.3. The van der Waals surface area contributed by atoms with E-state index in [0.717, 1.165) is 54.9 Å². The number of aryl methyl sites for hydroxylation is 2. The summed E-state index contributed by atoms with van der Waals surface area (Å²) >= 11 is 0. The van der Waals surface area contributed by atoms with E-state index in [0.29, 0.717) is 17.9 Å². The third-order valence-electron chi connectivity index (χ3n) is 4.92. The lowest BCUT2D eigenvalue weighted by Gasteiger charge is -2.04. The summed E-state index contributed by atoms with van der Waals surface area (Å²) in [5, 5.41) is 19.9. The van der Waals surface area contributed by atoms with Crippen LogP contribution in [0.2, 0.25) is 0 Å². The molecule has 2 aromatic carbocycles. The second kappa shape index (κ2) is 17.1. The van der Waals surface area contributed by atoms with Gasteiger partial charge in [0.2, 0.25) is 6.41 Å². The molecular formula is C27H42N4O5. The summed E-state index contributed by atoms with van der Waals surface area (Å²) < 4.78 is 11.9. The number of amides is 1. The number of oxazole rings is 1. The molecule has 1 atom stereocenters. The Labute approximate surface area is 215 Å². The van der Waals surface area contributed by atoms with E-state index in [2.05, 4.69) is 24.0 Å². The van der Waals surface area contributed by atoms with E-state index < -0.39 is 0 Å². The number of nitrogens with two attached hydrogens (primary N) is 1. The number of carbonyl (C=O) groups is 1. The molecule has 0 spiro atoms. The number of nitriles is 1. The molecule has 1 fully saturated rings. The van der Waals surface area contributed by atoms with Crippen LogP contribution in [0.5, 0.6) is 0 Å². The topological polar surface area (TPSA) is 144 Å². The van der Waals surface area contributed by atoms with Gasteiger partial charge in [0, 0.05) is 29.0 Å². The van der Waals surface area contributed by atoms with Crippen molar-refractivity contribution in [2.75, 3.05) is 26.3 Å². The lowest BCUT2D eigenvalue weighted by Crippen LogP contribution is -2.20. The summed E-state index contributed by atoms with van der Waals surface area (Å²) in [7, 11) is 1.70. The van der Waals surface area contributed by atoms with Crippen molar-refractivity contribution in [1.29, 1.82) is 5.26 Å². The second-order valence-electron chi connectivity index (χ2n) is 8.58. The number of ether oxygens (including phenoxy) is 1. The van der Waals surface area contributed by atoms with Crippen LogP contribution in [0.4, 0.5) is 0 Å². The first-order valence-electron chi connectivity index (χ1n) is 11.9. The first-order chi connectivity index (χ1) is 17.2. The average Bonchev–Trinajstić information content (AvgIpc) is 2.99. The van der Waals surface area contributed by atoms with Crippen molar-refractivity contribution >= 4 is 17.5 Å². The Morgan fingerprint density at radius 3 is 2.50 bits per heavy atom. The fraction of sp³-hybridized carbons (Fsp3) is 0.444. The number of fused-ring (bicyclic) bond motifs is 1. The highest BCUT2D eigenvalue weighted by atomic mass is 16.5. The summed E-state index contributed by atoms with van der Waals surface area (Å²) in [6.45, 7) is 9.57. The summed E-state index contributed by atoms with van der Waals surface area (Å²) in [5.41, 5.74) is 8.80. The average molecular weight is 503 g/mol. The molecule has 9 heteroatoms. The number of benzene rings is 2. The molecule has 4 rings (SSSR count). The Bertz CT molecular complexity index is 1130. The number of nitrogens with one attached hydrogen (secondary N) is 1. The van der Waals surface area contributed by atoms with E-state index >= 15 is 0 Å². The number of primary amides is 1. The van der Waals surface area contributed by atoms with Crippen LogP contribution in [-0.2, 0) is 23.0 Å². The summed E-state index contributed by atoms with van der Waals surface area (Å²) in [5.74, 6) is 0.339. The van der Waals surface area contributed by atoms with Crippen molar-refractivity contribution in [2.45, 2.75) is 39.7 Å². The maximum atomic E-state index is 11.5. The number of aromatic nitrogens is 1. The molecule has 1 aliphatic rings. The summed E-state index contributed by atoms with van der Waals surface area (Å²) in [4.78, 5) is 20.1. The molecule has 1 aliphatic heterocycles. The monoisotopic (exact) mass is 502 g/mol. The van der Waals surface area contributed by atoms with Crippen LogP contribution >= 0.6 is 0 Å². The van der Waals surface area contributed by atoms with Gasteiger partial charge in [-0.3, -0.25) is 9.36 Å². The van der Waals surface area contributed by atoms with Gasteiger partial charge in [0.05, 0.1) is 24.8 Å². The van der Waals surface area contributed by atoms with Crippen LogP contribution in [0.1, 0.15) is 35.6 Å². The van der Waals surface area contributed by atoms with E-state index in [1.165, 1.54) is 4.57 Å². The van der Waals surface area contributed by atoms with Crippen molar-refractivity contribution in [3.05, 3.63) is 58.6 Å². The molecule has 36 heavy (non-hydrogen) atoms. The predicted molar refractivity (Wildman–Crippen MR) is 146 cm³/mol. The molecule has 0 aliphatic carbocycles. The summed E-state index contributed by atoms with van der Waals surface area (Å²) in [6, 6.07) is 16.0. The van der Waals surface area contributed by atoms with Crippen LogP contribution in [0, 0.1) is 17.2 Å². The minimum atomic E-state index is -0.353. The zero-order valence-corrected chi connectivity index (χ0v) is 21.6. The SMILES string of the molecule is CC(C)O.C[C@@H]1CNCCOC1.Cn1c(=O)oc2ccc(-c3ccc(CCC#N)cc3)cc21.NC=O.[HH].[HH]. The Balaban J connectivity index is 0. The summed E-state index contributed by atoms with van der Waals surface area (Å²) in [6.07, 6.45) is 1.38. The fourth-order valence-corrected chi connectivity index (χ4v) is 3.21. The van der Waals surface area contributed by atoms with E-state index in [-0.39, 0.29) is 21.1 Å². The van der Waals surface area contributed by atoms with Crippen molar-refractivity contribution < 1.29 is 21.9 Å². The van der Waals surface area contributed by atoms with Crippen molar-refractivity contribution in [1.82, 2.24) is 9.88 Å². The number of aliphatic hydroxyl groups is 1. The Morgan fingerprint density at radius 2 is 1.89 bits per heavy atom. The van der Waals surface area contributed by atoms with Crippen LogP contribution in [0.15, 0.2) is 51.7 Å². The highest BCUT2D eigenvalue weighted by Gasteiger charge is 2.07. The second-order valence-corrected chi connectivity index (χ2v) is 8.58. The van der Waals surface area contributed by atoms with Gasteiger partial charge in [-0.25, -0.2) is 4.79 Å². The van der Waals surface area contributed by atoms with Gasteiger partial charge in [0.1, 0.15) is 0 Å². The zero-order valence-electron chi connectivity index (χ0n) is 21.6. The molecule has 0 saturated carbocycles. The van der Waals surface area contributed by atoms with Crippen LogP contribution in [0.25, 0.3) is 22.2 Å². The largest absolute Gasteiger partial charge is 0.419 e. The highest BCUT2D eigenvalue weighted by Crippen LogP contribution is 2.24. The maximum absolute atomic E-state index is 11.5. The first kappa shape index (κ1) is 30.6. The molecule has 4 N–H and O–H groups in total. The van der Waals surface area contributed by atoms with Gasteiger partial charge in [0.15, 0.2) is 5.58 Å². The molecule has 1 aromatic heterocycles. The van der Waals surface area contributed by atoms with Gasteiger partial charge in [-0.05, 0) is 61.6 Å². The van der Waals surface area contributed by atoms with Gasteiger partial charge < -0.3 is 25.3 Å². The van der Waals surface area contributed by atoms with Gasteiger partial charge in [0.25, 0.3) is 0 Å². The smallest absolute Gasteiger partial charge is 0.408 e. The van der Waals surface area contributed by atoms with E-state index in [9.17, 15) is 4.79 Å². The number of aliphatic hydroxyl groups excluding tert-OH is 1. The molecule has 9 nitrogen and oxygen atoms in total. The number of hydrogen-bond acceptors (Lipinski definition) is 7. The maximum Gasteiger partial charge on any atom is 0.419 e. The van der Waals surface area contributed by atoms with Crippen molar-refractivity contribution in [2.24, 2.45) is 18.7 Å². The molecule has 0 bridgehead atoms. The van der Waals surface area contributed by atoms with Gasteiger partial charge >= 0.3 is 5.76 Å². The van der Waals surface area contributed by atoms with Gasteiger partial charge in [-0.15, -0.1) is 0 Å². The highest BCUT2D eigenvalue weighted by molar-refractivity contribution is 5.80. The lowest BCUT2D eigenvalue weighted by molar-refractivity contribution is -0.106. The molecule has 1 amide bonds. The molecule has 200 valence electrons. The molecule has 1 saturated heterocycles. The van der Waals surface area contributed by atoms with E-state index in [1.54, 1.807) is 20.9 Å². The fourth-order valence-electron chi connectivity index (χ4n) is 3.21. The van der Waals surface area contributed by atoms with E-state index in [1.807, 2.05) is 42.5 Å².